The predicted octanol–water partition coefficient (Wildman–Crippen LogP) is 5.76. The lowest BCUT2D eigenvalue weighted by atomic mass is 10.0. The molecule has 0 unspecified atom stereocenters. The first-order chi connectivity index (χ1) is 15.5. The maximum Gasteiger partial charge on any atom is 0.224 e. The van der Waals surface area contributed by atoms with E-state index in [9.17, 15) is 4.79 Å². The standard InChI is InChI=1S/C27H28ClN3O/c1-19(2)22-11-7-21(8-12-22)18-31-25-6-4-3-5-24(25)30-26(31)15-16-29-27(32)17-20-9-13-23(28)14-10-20/h3-14,19H,15-18H2,1-2H3,(H,29,32). The molecule has 1 N–H and O–H groups in total. The first kappa shape index (κ1) is 22.1. The van der Waals surface area contributed by atoms with E-state index < -0.39 is 0 Å². The van der Waals surface area contributed by atoms with E-state index in [1.54, 1.807) is 12.1 Å². The fraction of sp³-hybridized carbons (Fsp3) is 0.259. The number of aromatic nitrogens is 2. The SMILES string of the molecule is CC(C)c1ccc(Cn2c(CCNC(=O)Cc3ccc(Cl)cc3)nc3ccccc32)cc1. The molecule has 0 spiro atoms. The zero-order valence-electron chi connectivity index (χ0n) is 18.5. The molecular weight excluding hydrogens is 418 g/mol. The number of amides is 1. The molecule has 32 heavy (non-hydrogen) atoms. The van der Waals surface area contributed by atoms with Gasteiger partial charge in [0.2, 0.25) is 5.91 Å². The molecule has 1 aromatic heterocycles. The number of halogens is 1. The second-order valence-corrected chi connectivity index (χ2v) is 8.84. The van der Waals surface area contributed by atoms with E-state index in [0.29, 0.717) is 30.3 Å². The third-order valence-electron chi connectivity index (χ3n) is 5.67. The number of fused-ring (bicyclic) bond motifs is 1. The number of hydrogen-bond acceptors (Lipinski definition) is 2. The van der Waals surface area contributed by atoms with Gasteiger partial charge in [-0.15, -0.1) is 0 Å². The van der Waals surface area contributed by atoms with Crippen LogP contribution in [0.2, 0.25) is 5.02 Å². The summed E-state index contributed by atoms with van der Waals surface area (Å²) in [5.41, 5.74) is 5.62. The summed E-state index contributed by atoms with van der Waals surface area (Å²) in [5.74, 6) is 1.50. The fourth-order valence-corrected chi connectivity index (χ4v) is 3.97. The van der Waals surface area contributed by atoms with Crippen LogP contribution in [-0.4, -0.2) is 22.0 Å². The zero-order valence-corrected chi connectivity index (χ0v) is 19.3. The van der Waals surface area contributed by atoms with Crippen LogP contribution in [0.15, 0.2) is 72.8 Å². The minimum Gasteiger partial charge on any atom is -0.355 e. The molecule has 1 amide bonds. The lowest BCUT2D eigenvalue weighted by Gasteiger charge is -2.12. The molecule has 4 aromatic rings. The first-order valence-electron chi connectivity index (χ1n) is 11.0. The monoisotopic (exact) mass is 445 g/mol. The Bertz CT molecular complexity index is 1190. The number of carbonyl (C=O) groups excluding carboxylic acids is 1. The molecule has 0 saturated carbocycles. The summed E-state index contributed by atoms with van der Waals surface area (Å²) in [5, 5.41) is 3.70. The lowest BCUT2D eigenvalue weighted by Crippen LogP contribution is -2.28. The maximum atomic E-state index is 12.4. The number of benzene rings is 3. The van der Waals surface area contributed by atoms with Crippen LogP contribution in [0.3, 0.4) is 0 Å². The van der Waals surface area contributed by atoms with E-state index in [2.05, 4.69) is 54.1 Å². The van der Waals surface area contributed by atoms with Crippen molar-refractivity contribution in [2.45, 2.75) is 39.2 Å². The van der Waals surface area contributed by atoms with Crippen LogP contribution in [0, 0.1) is 0 Å². The normalized spacial score (nSPS) is 11.2. The van der Waals surface area contributed by atoms with Crippen molar-refractivity contribution < 1.29 is 4.79 Å². The fourth-order valence-electron chi connectivity index (χ4n) is 3.85. The molecule has 0 atom stereocenters. The van der Waals surface area contributed by atoms with Crippen molar-refractivity contribution in [1.82, 2.24) is 14.9 Å². The second-order valence-electron chi connectivity index (χ2n) is 8.40. The molecule has 5 heteroatoms. The highest BCUT2D eigenvalue weighted by atomic mass is 35.5. The van der Waals surface area contributed by atoms with Gasteiger partial charge < -0.3 is 9.88 Å². The Morgan fingerprint density at radius 1 is 0.969 bits per heavy atom. The van der Waals surface area contributed by atoms with Crippen LogP contribution >= 0.6 is 11.6 Å². The Hall–Kier alpha value is -3.11. The molecule has 0 bridgehead atoms. The number of nitrogens with zero attached hydrogens (tertiary/aromatic N) is 2. The van der Waals surface area contributed by atoms with Gasteiger partial charge in [-0.05, 0) is 46.9 Å². The number of rotatable bonds is 8. The van der Waals surface area contributed by atoms with Crippen LogP contribution in [0.25, 0.3) is 11.0 Å². The molecule has 0 aliphatic rings. The Morgan fingerprint density at radius 3 is 2.38 bits per heavy atom. The molecular formula is C27H28ClN3O. The van der Waals surface area contributed by atoms with E-state index in [-0.39, 0.29) is 5.91 Å². The van der Waals surface area contributed by atoms with Gasteiger partial charge in [0.1, 0.15) is 5.82 Å². The third kappa shape index (κ3) is 5.38. The highest BCUT2D eigenvalue weighted by molar-refractivity contribution is 6.30. The van der Waals surface area contributed by atoms with Crippen LogP contribution in [0.1, 0.15) is 42.3 Å². The Labute approximate surface area is 194 Å². The van der Waals surface area contributed by atoms with Gasteiger partial charge in [-0.3, -0.25) is 4.79 Å². The summed E-state index contributed by atoms with van der Waals surface area (Å²) < 4.78 is 2.26. The smallest absolute Gasteiger partial charge is 0.224 e. The minimum atomic E-state index is -0.000687. The first-order valence-corrected chi connectivity index (χ1v) is 11.4. The molecule has 164 valence electrons. The summed E-state index contributed by atoms with van der Waals surface area (Å²) in [7, 11) is 0. The second kappa shape index (κ2) is 10.0. The summed E-state index contributed by atoms with van der Waals surface area (Å²) in [6.45, 7) is 5.71. The van der Waals surface area contributed by atoms with Gasteiger partial charge in [-0.1, -0.05) is 74.0 Å². The van der Waals surface area contributed by atoms with Crippen molar-refractivity contribution in [3.8, 4) is 0 Å². The molecule has 0 aliphatic heterocycles. The third-order valence-corrected chi connectivity index (χ3v) is 5.92. The Kier molecular flexibility index (Phi) is 6.91. The number of nitrogens with one attached hydrogen (secondary N) is 1. The molecule has 0 fully saturated rings. The Morgan fingerprint density at radius 2 is 1.66 bits per heavy atom. The largest absolute Gasteiger partial charge is 0.355 e. The molecule has 3 aromatic carbocycles. The molecule has 1 heterocycles. The van der Waals surface area contributed by atoms with E-state index in [1.807, 2.05) is 30.3 Å². The predicted molar refractivity (Wildman–Crippen MR) is 131 cm³/mol. The van der Waals surface area contributed by atoms with Crippen molar-refractivity contribution in [3.63, 3.8) is 0 Å². The number of carbonyl (C=O) groups is 1. The topological polar surface area (TPSA) is 46.9 Å². The zero-order chi connectivity index (χ0) is 22.5. The summed E-state index contributed by atoms with van der Waals surface area (Å²) in [6, 6.07) is 24.4. The average molecular weight is 446 g/mol. The average Bonchev–Trinajstić information content (AvgIpc) is 3.13. The molecule has 0 radical (unpaired) electrons. The number of para-hydroxylation sites is 2. The number of imidazole rings is 1. The Balaban J connectivity index is 1.45. The summed E-state index contributed by atoms with van der Waals surface area (Å²) in [4.78, 5) is 17.2. The van der Waals surface area contributed by atoms with Crippen molar-refractivity contribution in [3.05, 3.63) is 100 Å². The summed E-state index contributed by atoms with van der Waals surface area (Å²) >= 11 is 5.92. The van der Waals surface area contributed by atoms with E-state index in [0.717, 1.165) is 29.0 Å². The molecule has 0 aliphatic carbocycles. The van der Waals surface area contributed by atoms with Crippen LogP contribution in [0.5, 0.6) is 0 Å². The van der Waals surface area contributed by atoms with E-state index in [1.165, 1.54) is 11.1 Å². The van der Waals surface area contributed by atoms with Crippen molar-refractivity contribution in [1.29, 1.82) is 0 Å². The van der Waals surface area contributed by atoms with Gasteiger partial charge in [0.15, 0.2) is 0 Å². The molecule has 4 nitrogen and oxygen atoms in total. The molecule has 4 rings (SSSR count). The van der Waals surface area contributed by atoms with E-state index >= 15 is 0 Å². The highest BCUT2D eigenvalue weighted by Crippen LogP contribution is 2.20. The van der Waals surface area contributed by atoms with Crippen LogP contribution in [0.4, 0.5) is 0 Å². The van der Waals surface area contributed by atoms with Crippen molar-refractivity contribution >= 4 is 28.5 Å². The minimum absolute atomic E-state index is 0.000687. The van der Waals surface area contributed by atoms with Gasteiger partial charge in [0.25, 0.3) is 0 Å². The highest BCUT2D eigenvalue weighted by Gasteiger charge is 2.12. The van der Waals surface area contributed by atoms with Crippen molar-refractivity contribution in [2.24, 2.45) is 0 Å². The van der Waals surface area contributed by atoms with Gasteiger partial charge in [-0.25, -0.2) is 4.98 Å². The number of hydrogen-bond donors (Lipinski definition) is 1. The molecule has 0 saturated heterocycles. The lowest BCUT2D eigenvalue weighted by molar-refractivity contribution is -0.120. The van der Waals surface area contributed by atoms with Crippen molar-refractivity contribution in [2.75, 3.05) is 6.54 Å². The van der Waals surface area contributed by atoms with Gasteiger partial charge >= 0.3 is 0 Å². The van der Waals surface area contributed by atoms with Gasteiger partial charge in [-0.2, -0.15) is 0 Å². The van der Waals surface area contributed by atoms with Crippen LogP contribution < -0.4 is 5.32 Å². The van der Waals surface area contributed by atoms with Crippen LogP contribution in [-0.2, 0) is 24.2 Å². The summed E-state index contributed by atoms with van der Waals surface area (Å²) in [6.07, 6.45) is 1.01. The maximum absolute atomic E-state index is 12.4. The van der Waals surface area contributed by atoms with E-state index in [4.69, 9.17) is 16.6 Å². The van der Waals surface area contributed by atoms with Gasteiger partial charge in [0, 0.05) is 24.5 Å². The van der Waals surface area contributed by atoms with Gasteiger partial charge in [0.05, 0.1) is 17.5 Å². The quantitative estimate of drug-likeness (QED) is 0.374.